The lowest BCUT2D eigenvalue weighted by Crippen LogP contribution is -2.22. The van der Waals surface area contributed by atoms with Gasteiger partial charge in [0.1, 0.15) is 0 Å². The molecular formula is C15H21NO2. The highest BCUT2D eigenvalue weighted by molar-refractivity contribution is 5.87. The molecule has 1 aromatic rings. The van der Waals surface area contributed by atoms with Crippen molar-refractivity contribution in [3.8, 4) is 0 Å². The zero-order chi connectivity index (χ0) is 13.1. The van der Waals surface area contributed by atoms with Gasteiger partial charge in [-0.25, -0.2) is 4.79 Å². The summed E-state index contributed by atoms with van der Waals surface area (Å²) in [6.45, 7) is 7.46. The maximum absolute atomic E-state index is 10.9. The fraction of sp³-hybridized carbons (Fsp3) is 0.533. The van der Waals surface area contributed by atoms with Crippen LogP contribution >= 0.6 is 0 Å². The molecule has 1 atom stereocenters. The van der Waals surface area contributed by atoms with Crippen molar-refractivity contribution >= 4 is 5.97 Å². The topological polar surface area (TPSA) is 40.5 Å². The van der Waals surface area contributed by atoms with Gasteiger partial charge >= 0.3 is 5.97 Å². The molecule has 18 heavy (non-hydrogen) atoms. The van der Waals surface area contributed by atoms with Crippen molar-refractivity contribution in [2.75, 3.05) is 6.54 Å². The zero-order valence-corrected chi connectivity index (χ0v) is 11.1. The molecule has 0 bridgehead atoms. The van der Waals surface area contributed by atoms with Crippen molar-refractivity contribution in [2.24, 2.45) is 5.92 Å². The van der Waals surface area contributed by atoms with Crippen LogP contribution in [0.5, 0.6) is 0 Å². The molecule has 0 spiro atoms. The Morgan fingerprint density at radius 2 is 2.11 bits per heavy atom. The Labute approximate surface area is 108 Å². The van der Waals surface area contributed by atoms with Crippen molar-refractivity contribution in [3.63, 3.8) is 0 Å². The predicted molar refractivity (Wildman–Crippen MR) is 71.6 cm³/mol. The van der Waals surface area contributed by atoms with Crippen LogP contribution in [0.1, 0.15) is 48.2 Å². The molecule has 1 aromatic carbocycles. The second-order valence-corrected chi connectivity index (χ2v) is 5.35. The largest absolute Gasteiger partial charge is 0.478 e. The minimum atomic E-state index is -0.837. The number of carbonyl (C=O) groups is 1. The van der Waals surface area contributed by atoms with Gasteiger partial charge in [0.15, 0.2) is 0 Å². The number of aromatic carboxylic acids is 1. The second-order valence-electron chi connectivity index (χ2n) is 5.35. The van der Waals surface area contributed by atoms with Crippen molar-refractivity contribution in [1.29, 1.82) is 0 Å². The Balaban J connectivity index is 2.01. The first-order valence-corrected chi connectivity index (χ1v) is 6.67. The van der Waals surface area contributed by atoms with Crippen molar-refractivity contribution in [3.05, 3.63) is 34.9 Å². The van der Waals surface area contributed by atoms with Crippen molar-refractivity contribution in [1.82, 2.24) is 4.90 Å². The molecule has 1 unspecified atom stereocenters. The molecule has 0 saturated carbocycles. The van der Waals surface area contributed by atoms with Crippen LogP contribution in [0.3, 0.4) is 0 Å². The van der Waals surface area contributed by atoms with Gasteiger partial charge in [-0.1, -0.05) is 26.3 Å². The summed E-state index contributed by atoms with van der Waals surface area (Å²) in [5.74, 6) is -0.126. The molecule has 0 amide bonds. The van der Waals surface area contributed by atoms with E-state index in [1.807, 2.05) is 12.1 Å². The zero-order valence-electron chi connectivity index (χ0n) is 11.1. The molecule has 98 valence electrons. The lowest BCUT2D eigenvalue weighted by Gasteiger charge is -2.19. The van der Waals surface area contributed by atoms with Crippen LogP contribution in [0.25, 0.3) is 0 Å². The Morgan fingerprint density at radius 1 is 1.39 bits per heavy atom. The number of carboxylic acid groups (broad SMARTS) is 1. The van der Waals surface area contributed by atoms with Crippen LogP contribution in [0.15, 0.2) is 18.2 Å². The lowest BCUT2D eigenvalue weighted by atomic mass is 10.1. The first kappa shape index (κ1) is 13.1. The van der Waals surface area contributed by atoms with Gasteiger partial charge in [-0.3, -0.25) is 4.90 Å². The van der Waals surface area contributed by atoms with E-state index in [1.54, 1.807) is 6.07 Å². The second kappa shape index (κ2) is 5.53. The molecule has 0 aromatic heterocycles. The standard InChI is InChI=1S/C15H21NO2/c1-3-4-11(2)8-16-9-13-6-5-12(15(17)18)7-14(13)10-16/h5-7,11H,3-4,8-10H2,1-2H3,(H,17,18). The molecule has 0 radical (unpaired) electrons. The number of nitrogens with zero attached hydrogens (tertiary/aromatic N) is 1. The highest BCUT2D eigenvalue weighted by Crippen LogP contribution is 2.25. The molecule has 3 heteroatoms. The van der Waals surface area contributed by atoms with Crippen LogP contribution in [0.2, 0.25) is 0 Å². The molecule has 1 aliphatic rings. The SMILES string of the molecule is CCCC(C)CN1Cc2ccc(C(=O)O)cc2C1. The number of carboxylic acids is 1. The summed E-state index contributed by atoms with van der Waals surface area (Å²) < 4.78 is 0. The van der Waals surface area contributed by atoms with Crippen molar-refractivity contribution < 1.29 is 9.90 Å². The summed E-state index contributed by atoms with van der Waals surface area (Å²) in [5.41, 5.74) is 2.86. The Bertz CT molecular complexity index is 442. The van der Waals surface area contributed by atoms with Gasteiger partial charge in [0.05, 0.1) is 5.56 Å². The predicted octanol–water partition coefficient (Wildman–Crippen LogP) is 3.14. The summed E-state index contributed by atoms with van der Waals surface area (Å²) in [4.78, 5) is 13.3. The molecule has 1 aliphatic heterocycles. The Kier molecular flexibility index (Phi) is 4.02. The average molecular weight is 247 g/mol. The van der Waals surface area contributed by atoms with Crippen LogP contribution in [-0.2, 0) is 13.1 Å². The smallest absolute Gasteiger partial charge is 0.335 e. The van der Waals surface area contributed by atoms with E-state index in [1.165, 1.54) is 24.0 Å². The number of hydrogen-bond acceptors (Lipinski definition) is 2. The van der Waals surface area contributed by atoms with E-state index in [-0.39, 0.29) is 0 Å². The van der Waals surface area contributed by atoms with E-state index in [0.717, 1.165) is 19.6 Å². The molecule has 2 rings (SSSR count). The van der Waals surface area contributed by atoms with Gasteiger partial charge < -0.3 is 5.11 Å². The van der Waals surface area contributed by atoms with Gasteiger partial charge in [-0.05, 0) is 35.6 Å². The quantitative estimate of drug-likeness (QED) is 0.869. The van der Waals surface area contributed by atoms with E-state index >= 15 is 0 Å². The third-order valence-corrected chi connectivity index (χ3v) is 3.59. The van der Waals surface area contributed by atoms with E-state index in [9.17, 15) is 4.79 Å². The van der Waals surface area contributed by atoms with E-state index in [2.05, 4.69) is 18.7 Å². The number of fused-ring (bicyclic) bond motifs is 1. The summed E-state index contributed by atoms with van der Waals surface area (Å²) >= 11 is 0. The van der Waals surface area contributed by atoms with Gasteiger partial charge in [0, 0.05) is 19.6 Å². The first-order valence-electron chi connectivity index (χ1n) is 6.67. The maximum Gasteiger partial charge on any atom is 0.335 e. The summed E-state index contributed by atoms with van der Waals surface area (Å²) in [5, 5.41) is 8.98. The maximum atomic E-state index is 10.9. The average Bonchev–Trinajstić information content (AvgIpc) is 2.69. The first-order chi connectivity index (χ1) is 8.60. The molecule has 0 fully saturated rings. The van der Waals surface area contributed by atoms with Gasteiger partial charge in [0.25, 0.3) is 0 Å². The monoisotopic (exact) mass is 247 g/mol. The van der Waals surface area contributed by atoms with Crippen LogP contribution < -0.4 is 0 Å². The minimum absolute atomic E-state index is 0.400. The lowest BCUT2D eigenvalue weighted by molar-refractivity contribution is 0.0696. The number of benzene rings is 1. The Hall–Kier alpha value is -1.35. The van der Waals surface area contributed by atoms with Gasteiger partial charge in [-0.2, -0.15) is 0 Å². The van der Waals surface area contributed by atoms with Crippen molar-refractivity contribution in [2.45, 2.75) is 39.8 Å². The summed E-state index contributed by atoms with van der Waals surface area (Å²) in [6.07, 6.45) is 2.48. The van der Waals surface area contributed by atoms with Crippen LogP contribution in [0, 0.1) is 5.92 Å². The van der Waals surface area contributed by atoms with Crippen LogP contribution in [0.4, 0.5) is 0 Å². The van der Waals surface area contributed by atoms with Gasteiger partial charge in [-0.15, -0.1) is 0 Å². The number of hydrogen-bond donors (Lipinski definition) is 1. The molecule has 1 N–H and O–H groups in total. The van der Waals surface area contributed by atoms with E-state index in [4.69, 9.17) is 5.11 Å². The highest BCUT2D eigenvalue weighted by Gasteiger charge is 2.21. The third kappa shape index (κ3) is 2.91. The van der Waals surface area contributed by atoms with E-state index < -0.39 is 5.97 Å². The third-order valence-electron chi connectivity index (χ3n) is 3.59. The normalized spacial score (nSPS) is 16.6. The van der Waals surface area contributed by atoms with Gasteiger partial charge in [0.2, 0.25) is 0 Å². The fourth-order valence-electron chi connectivity index (χ4n) is 2.75. The molecule has 3 nitrogen and oxygen atoms in total. The minimum Gasteiger partial charge on any atom is -0.478 e. The van der Waals surface area contributed by atoms with E-state index in [0.29, 0.717) is 11.5 Å². The molecule has 0 aliphatic carbocycles. The molecule has 1 heterocycles. The van der Waals surface area contributed by atoms with Crippen LogP contribution in [-0.4, -0.2) is 22.5 Å². The fourth-order valence-corrected chi connectivity index (χ4v) is 2.75. The number of rotatable bonds is 5. The molecular weight excluding hydrogens is 226 g/mol. The summed E-state index contributed by atoms with van der Waals surface area (Å²) in [7, 11) is 0. The highest BCUT2D eigenvalue weighted by atomic mass is 16.4. The molecule has 0 saturated heterocycles. The Morgan fingerprint density at radius 3 is 2.78 bits per heavy atom. The summed E-state index contributed by atoms with van der Waals surface area (Å²) in [6, 6.07) is 5.49.